The lowest BCUT2D eigenvalue weighted by Crippen LogP contribution is -2.47. The Morgan fingerprint density at radius 1 is 1.40 bits per heavy atom. The maximum Gasteiger partial charge on any atom is 0.225 e. The number of nitrogens with one attached hydrogen (secondary N) is 1. The summed E-state index contributed by atoms with van der Waals surface area (Å²) in [5.74, 6) is 0.359. The van der Waals surface area contributed by atoms with E-state index >= 15 is 0 Å². The number of likely N-dealkylation sites (tertiary alicyclic amines) is 1. The normalized spacial score (nSPS) is 24.8. The number of hydrogen-bond donors (Lipinski definition) is 2. The van der Waals surface area contributed by atoms with E-state index in [9.17, 15) is 9.90 Å². The largest absolute Gasteiger partial charge is 0.387 e. The minimum Gasteiger partial charge on any atom is -0.387 e. The molecule has 1 amide bonds. The van der Waals surface area contributed by atoms with Crippen LogP contribution in [0.15, 0.2) is 24.5 Å². The van der Waals surface area contributed by atoms with Gasteiger partial charge in [-0.1, -0.05) is 6.92 Å². The fraction of sp³-hybridized carbons (Fsp3) is 0.684. The molecule has 138 valence electrons. The Labute approximate surface area is 150 Å². The molecule has 0 radical (unpaired) electrons. The molecule has 0 aromatic carbocycles. The highest BCUT2D eigenvalue weighted by atomic mass is 16.3. The maximum atomic E-state index is 12.7. The van der Waals surface area contributed by atoms with Gasteiger partial charge in [-0.2, -0.15) is 0 Å². The zero-order chi connectivity index (χ0) is 17.7. The standard InChI is InChI=1S/C19H30N4O2/c1-2-22(13-16-3-8-20-9-4-16)14-19(25)7-12-23(15-19)18(24)17-5-10-21-11-6-17/h3-4,8-9,17,21,25H,2,5-7,10-15H2,1H3/t19-/m0/s1. The Morgan fingerprint density at radius 2 is 2.12 bits per heavy atom. The molecule has 0 aliphatic carbocycles. The minimum absolute atomic E-state index is 0.127. The second-order valence-electron chi connectivity index (χ2n) is 7.42. The van der Waals surface area contributed by atoms with Crippen LogP contribution < -0.4 is 5.32 Å². The van der Waals surface area contributed by atoms with Crippen LogP contribution in [0.2, 0.25) is 0 Å². The van der Waals surface area contributed by atoms with Crippen molar-refractivity contribution >= 4 is 5.91 Å². The lowest BCUT2D eigenvalue weighted by atomic mass is 9.96. The van der Waals surface area contributed by atoms with Crippen LogP contribution in [0.25, 0.3) is 0 Å². The van der Waals surface area contributed by atoms with Crippen LogP contribution in [0, 0.1) is 5.92 Å². The highest BCUT2D eigenvalue weighted by molar-refractivity contribution is 5.79. The Hall–Kier alpha value is -1.50. The SMILES string of the molecule is CCN(Cc1ccncc1)C[C@@]1(O)CCN(C(=O)C2CCNCC2)C1. The molecule has 2 aliphatic rings. The molecule has 0 unspecified atom stereocenters. The lowest BCUT2D eigenvalue weighted by Gasteiger charge is -2.32. The van der Waals surface area contributed by atoms with E-state index in [1.807, 2.05) is 17.0 Å². The number of amides is 1. The van der Waals surface area contributed by atoms with Crippen molar-refractivity contribution in [2.75, 3.05) is 39.3 Å². The van der Waals surface area contributed by atoms with Crippen LogP contribution in [0.3, 0.4) is 0 Å². The number of piperidine rings is 1. The highest BCUT2D eigenvalue weighted by Gasteiger charge is 2.40. The monoisotopic (exact) mass is 346 g/mol. The molecule has 2 aliphatic heterocycles. The van der Waals surface area contributed by atoms with E-state index in [4.69, 9.17) is 0 Å². The molecule has 1 aromatic heterocycles. The smallest absolute Gasteiger partial charge is 0.225 e. The molecule has 3 heterocycles. The van der Waals surface area contributed by atoms with Crippen molar-refractivity contribution in [3.8, 4) is 0 Å². The van der Waals surface area contributed by atoms with Gasteiger partial charge >= 0.3 is 0 Å². The van der Waals surface area contributed by atoms with E-state index in [1.54, 1.807) is 12.4 Å². The van der Waals surface area contributed by atoms with Crippen molar-refractivity contribution in [1.82, 2.24) is 20.1 Å². The molecule has 1 aromatic rings. The molecule has 2 N–H and O–H groups in total. The molecule has 0 spiro atoms. The van der Waals surface area contributed by atoms with Gasteiger partial charge in [0.1, 0.15) is 0 Å². The van der Waals surface area contributed by atoms with Crippen molar-refractivity contribution < 1.29 is 9.90 Å². The quantitative estimate of drug-likeness (QED) is 0.800. The van der Waals surface area contributed by atoms with Crippen LogP contribution in [0.5, 0.6) is 0 Å². The van der Waals surface area contributed by atoms with Crippen LogP contribution in [0.4, 0.5) is 0 Å². The van der Waals surface area contributed by atoms with Crippen molar-refractivity contribution in [2.24, 2.45) is 5.92 Å². The number of likely N-dealkylation sites (N-methyl/N-ethyl adjacent to an activating group) is 1. The number of pyridine rings is 1. The molecular formula is C19H30N4O2. The van der Waals surface area contributed by atoms with Gasteiger partial charge in [-0.3, -0.25) is 14.7 Å². The number of β-amino-alcohol motifs (C(OH)–C–C–N with tert-alkyl or cyclic N) is 1. The number of carbonyl (C=O) groups is 1. The molecular weight excluding hydrogens is 316 g/mol. The van der Waals surface area contributed by atoms with E-state index in [0.29, 0.717) is 26.1 Å². The molecule has 0 saturated carbocycles. The van der Waals surface area contributed by atoms with Crippen LogP contribution in [-0.4, -0.2) is 70.7 Å². The first kappa shape index (κ1) is 18.3. The predicted octanol–water partition coefficient (Wildman–Crippen LogP) is 0.867. The molecule has 2 saturated heterocycles. The molecule has 6 heteroatoms. The number of rotatable bonds is 6. The summed E-state index contributed by atoms with van der Waals surface area (Å²) in [6, 6.07) is 4.02. The summed E-state index contributed by atoms with van der Waals surface area (Å²) in [5, 5.41) is 14.3. The third kappa shape index (κ3) is 4.77. The van der Waals surface area contributed by atoms with Gasteiger partial charge in [-0.05, 0) is 56.6 Å². The minimum atomic E-state index is -0.800. The van der Waals surface area contributed by atoms with Gasteiger partial charge in [0.05, 0.1) is 12.1 Å². The number of hydrogen-bond acceptors (Lipinski definition) is 5. The predicted molar refractivity (Wildman–Crippen MR) is 96.9 cm³/mol. The number of aliphatic hydroxyl groups is 1. The molecule has 0 bridgehead atoms. The van der Waals surface area contributed by atoms with E-state index in [-0.39, 0.29) is 11.8 Å². The first-order chi connectivity index (χ1) is 12.1. The fourth-order valence-corrected chi connectivity index (χ4v) is 3.94. The molecule has 25 heavy (non-hydrogen) atoms. The fourth-order valence-electron chi connectivity index (χ4n) is 3.94. The van der Waals surface area contributed by atoms with Crippen molar-refractivity contribution in [3.63, 3.8) is 0 Å². The number of nitrogens with zero attached hydrogens (tertiary/aromatic N) is 3. The van der Waals surface area contributed by atoms with E-state index < -0.39 is 5.60 Å². The summed E-state index contributed by atoms with van der Waals surface area (Å²) in [6.07, 6.45) is 6.09. The second-order valence-corrected chi connectivity index (χ2v) is 7.42. The first-order valence-corrected chi connectivity index (χ1v) is 9.43. The average molecular weight is 346 g/mol. The Balaban J connectivity index is 1.55. The summed E-state index contributed by atoms with van der Waals surface area (Å²) in [5.41, 5.74) is 0.395. The van der Waals surface area contributed by atoms with E-state index in [1.165, 1.54) is 5.56 Å². The zero-order valence-electron chi connectivity index (χ0n) is 15.2. The maximum absolute atomic E-state index is 12.7. The van der Waals surface area contributed by atoms with Gasteiger partial charge in [0.15, 0.2) is 0 Å². The Bertz CT molecular complexity index is 562. The van der Waals surface area contributed by atoms with Gasteiger partial charge in [0.2, 0.25) is 5.91 Å². The third-order valence-electron chi connectivity index (χ3n) is 5.45. The molecule has 3 rings (SSSR count). The molecule has 1 atom stereocenters. The van der Waals surface area contributed by atoms with Crippen LogP contribution in [-0.2, 0) is 11.3 Å². The van der Waals surface area contributed by atoms with Gasteiger partial charge in [0.25, 0.3) is 0 Å². The Morgan fingerprint density at radius 3 is 2.80 bits per heavy atom. The van der Waals surface area contributed by atoms with Crippen molar-refractivity contribution in [2.45, 2.75) is 38.3 Å². The van der Waals surface area contributed by atoms with Crippen molar-refractivity contribution in [3.05, 3.63) is 30.1 Å². The zero-order valence-corrected chi connectivity index (χ0v) is 15.2. The van der Waals surface area contributed by atoms with Crippen molar-refractivity contribution in [1.29, 1.82) is 0 Å². The third-order valence-corrected chi connectivity index (χ3v) is 5.45. The number of aromatic nitrogens is 1. The summed E-state index contributed by atoms with van der Waals surface area (Å²) in [4.78, 5) is 20.9. The summed E-state index contributed by atoms with van der Waals surface area (Å²) >= 11 is 0. The first-order valence-electron chi connectivity index (χ1n) is 9.43. The average Bonchev–Trinajstić information content (AvgIpc) is 3.04. The van der Waals surface area contributed by atoms with Gasteiger partial charge in [-0.25, -0.2) is 0 Å². The summed E-state index contributed by atoms with van der Waals surface area (Å²) < 4.78 is 0. The van der Waals surface area contributed by atoms with Gasteiger partial charge in [0, 0.05) is 37.9 Å². The van der Waals surface area contributed by atoms with E-state index in [2.05, 4.69) is 22.1 Å². The summed E-state index contributed by atoms with van der Waals surface area (Å²) in [6.45, 7) is 7.35. The van der Waals surface area contributed by atoms with E-state index in [0.717, 1.165) is 39.0 Å². The Kier molecular flexibility index (Phi) is 6.04. The number of carbonyl (C=O) groups excluding carboxylic acids is 1. The van der Waals surface area contributed by atoms with Gasteiger partial charge in [-0.15, -0.1) is 0 Å². The molecule has 2 fully saturated rings. The second kappa shape index (κ2) is 8.25. The topological polar surface area (TPSA) is 68.7 Å². The molecule has 6 nitrogen and oxygen atoms in total. The van der Waals surface area contributed by atoms with Crippen LogP contribution in [0.1, 0.15) is 31.7 Å². The van der Waals surface area contributed by atoms with Gasteiger partial charge < -0.3 is 15.3 Å². The highest BCUT2D eigenvalue weighted by Crippen LogP contribution is 2.26. The lowest BCUT2D eigenvalue weighted by molar-refractivity contribution is -0.136. The van der Waals surface area contributed by atoms with Crippen LogP contribution >= 0.6 is 0 Å². The summed E-state index contributed by atoms with van der Waals surface area (Å²) in [7, 11) is 0.